The van der Waals surface area contributed by atoms with Crippen molar-refractivity contribution in [2.24, 2.45) is 14.1 Å². The molecule has 1 amide bonds. The van der Waals surface area contributed by atoms with Crippen LogP contribution in [0.15, 0.2) is 34.1 Å². The van der Waals surface area contributed by atoms with Crippen molar-refractivity contribution in [3.8, 4) is 17.3 Å². The van der Waals surface area contributed by atoms with Crippen LogP contribution in [0.4, 0.5) is 5.13 Å². The van der Waals surface area contributed by atoms with E-state index in [1.54, 1.807) is 18.2 Å². The van der Waals surface area contributed by atoms with E-state index in [4.69, 9.17) is 23.2 Å². The van der Waals surface area contributed by atoms with E-state index in [1.807, 2.05) is 0 Å². The van der Waals surface area contributed by atoms with E-state index in [0.717, 1.165) is 15.9 Å². The molecule has 0 aliphatic carbocycles. The fraction of sp³-hybridized carbons (Fsp3) is 0.158. The Morgan fingerprint density at radius 3 is 2.66 bits per heavy atom. The highest BCUT2D eigenvalue weighted by Crippen LogP contribution is 2.34. The van der Waals surface area contributed by atoms with Gasteiger partial charge in [0.25, 0.3) is 5.56 Å². The highest BCUT2D eigenvalue weighted by atomic mass is 35.5. The number of anilines is 1. The number of aromatic nitrogens is 5. The molecular weight excluding hydrogens is 477 g/mol. The third-order valence-electron chi connectivity index (χ3n) is 4.70. The van der Waals surface area contributed by atoms with E-state index < -0.39 is 17.2 Å². The van der Waals surface area contributed by atoms with Gasteiger partial charge in [-0.2, -0.15) is 5.26 Å². The molecule has 0 fully saturated rings. The molecule has 0 bridgehead atoms. The van der Waals surface area contributed by atoms with Gasteiger partial charge < -0.3 is 9.88 Å². The van der Waals surface area contributed by atoms with Crippen LogP contribution in [0.1, 0.15) is 4.88 Å². The van der Waals surface area contributed by atoms with E-state index in [2.05, 4.69) is 21.4 Å². The Bertz CT molecular complexity index is 1560. The first-order valence-electron chi connectivity index (χ1n) is 8.98. The number of carbonyl (C=O) groups is 1. The third-order valence-corrected chi connectivity index (χ3v) is 6.31. The zero-order valence-electron chi connectivity index (χ0n) is 16.6. The van der Waals surface area contributed by atoms with E-state index in [9.17, 15) is 19.6 Å². The Morgan fingerprint density at radius 1 is 1.22 bits per heavy atom. The molecule has 32 heavy (non-hydrogen) atoms. The summed E-state index contributed by atoms with van der Waals surface area (Å²) in [5.41, 5.74) is 0.170. The average Bonchev–Trinajstić information content (AvgIpc) is 3.36. The molecule has 0 atom stereocenters. The van der Waals surface area contributed by atoms with Gasteiger partial charge in [0.15, 0.2) is 16.3 Å². The summed E-state index contributed by atoms with van der Waals surface area (Å²) in [7, 11) is 2.84. The van der Waals surface area contributed by atoms with Crippen molar-refractivity contribution in [3.05, 3.63) is 60.3 Å². The van der Waals surface area contributed by atoms with Crippen LogP contribution in [-0.4, -0.2) is 29.6 Å². The maximum absolute atomic E-state index is 12.6. The molecule has 3 heterocycles. The van der Waals surface area contributed by atoms with Crippen LogP contribution in [0.5, 0.6) is 0 Å². The molecule has 1 N–H and O–H groups in total. The number of aryl methyl sites for hydroxylation is 1. The lowest BCUT2D eigenvalue weighted by Crippen LogP contribution is -2.37. The van der Waals surface area contributed by atoms with Gasteiger partial charge >= 0.3 is 5.69 Å². The number of imidazole rings is 1. The van der Waals surface area contributed by atoms with Gasteiger partial charge in [0.2, 0.25) is 5.91 Å². The van der Waals surface area contributed by atoms with E-state index in [0.29, 0.717) is 21.3 Å². The van der Waals surface area contributed by atoms with Crippen molar-refractivity contribution < 1.29 is 4.79 Å². The summed E-state index contributed by atoms with van der Waals surface area (Å²) >= 11 is 13.0. The first kappa shape index (κ1) is 21.8. The summed E-state index contributed by atoms with van der Waals surface area (Å²) in [6.45, 7) is -0.243. The van der Waals surface area contributed by atoms with Crippen molar-refractivity contribution in [2.75, 3.05) is 5.32 Å². The SMILES string of the molecule is Cn1c(=O)c2c(ncn2CC(=O)Nc2nc(-c3ccc(Cl)c(Cl)c3)c(C#N)s2)n(C)c1=O. The lowest BCUT2D eigenvalue weighted by molar-refractivity contribution is -0.116. The second-order valence-corrected chi connectivity index (χ2v) is 8.55. The van der Waals surface area contributed by atoms with E-state index in [-0.39, 0.29) is 27.7 Å². The number of nitriles is 1. The molecule has 4 aromatic rings. The minimum absolute atomic E-state index is 0.123. The topological polar surface area (TPSA) is 128 Å². The molecule has 4 rings (SSSR count). The van der Waals surface area contributed by atoms with E-state index >= 15 is 0 Å². The normalized spacial score (nSPS) is 11.0. The summed E-state index contributed by atoms with van der Waals surface area (Å²) in [6.07, 6.45) is 1.31. The number of amides is 1. The third kappa shape index (κ3) is 3.69. The quantitative estimate of drug-likeness (QED) is 0.468. The minimum atomic E-state index is -0.559. The fourth-order valence-corrected chi connectivity index (χ4v) is 4.22. The van der Waals surface area contributed by atoms with Crippen LogP contribution < -0.4 is 16.6 Å². The molecule has 0 aliphatic rings. The first-order chi connectivity index (χ1) is 15.2. The van der Waals surface area contributed by atoms with Crippen molar-refractivity contribution in [1.29, 1.82) is 5.26 Å². The molecule has 13 heteroatoms. The molecule has 0 spiro atoms. The van der Waals surface area contributed by atoms with Crippen LogP contribution >= 0.6 is 34.5 Å². The van der Waals surface area contributed by atoms with Gasteiger partial charge in [0.05, 0.1) is 16.4 Å². The van der Waals surface area contributed by atoms with E-state index in [1.165, 1.54) is 29.6 Å². The second kappa shape index (κ2) is 8.23. The highest BCUT2D eigenvalue weighted by molar-refractivity contribution is 7.16. The molecule has 0 saturated heterocycles. The minimum Gasteiger partial charge on any atom is -0.315 e. The van der Waals surface area contributed by atoms with Gasteiger partial charge in [0.1, 0.15) is 23.2 Å². The summed E-state index contributed by atoms with van der Waals surface area (Å²) in [6, 6.07) is 6.91. The Labute approximate surface area is 193 Å². The molecule has 3 aromatic heterocycles. The number of hydrogen-bond acceptors (Lipinski definition) is 7. The number of fused-ring (bicyclic) bond motifs is 1. The zero-order valence-corrected chi connectivity index (χ0v) is 18.9. The van der Waals surface area contributed by atoms with Gasteiger partial charge in [-0.05, 0) is 12.1 Å². The van der Waals surface area contributed by atoms with Crippen LogP contribution in [0, 0.1) is 11.3 Å². The molecular formula is C19H13Cl2N7O3S. The number of nitrogens with zero attached hydrogens (tertiary/aromatic N) is 6. The summed E-state index contributed by atoms with van der Waals surface area (Å²) in [5, 5.41) is 13.0. The smallest absolute Gasteiger partial charge is 0.315 e. The molecule has 0 saturated carbocycles. The number of carbonyl (C=O) groups excluding carboxylic acids is 1. The second-order valence-electron chi connectivity index (χ2n) is 6.74. The standard InChI is InChI=1S/C19H13Cl2N7O3S/c1-26-16-15(17(30)27(2)19(26)31)28(8-23-16)7-13(29)24-18-25-14(12(6-22)32-18)9-3-4-10(20)11(21)5-9/h3-5,8H,7H2,1-2H3,(H,24,25,29). The average molecular weight is 490 g/mol. The Kier molecular flexibility index (Phi) is 5.60. The predicted octanol–water partition coefficient (Wildman–Crippen LogP) is 2.37. The maximum atomic E-state index is 12.6. The lowest BCUT2D eigenvalue weighted by Gasteiger charge is -2.06. The van der Waals surface area contributed by atoms with Crippen LogP contribution in [-0.2, 0) is 25.4 Å². The largest absolute Gasteiger partial charge is 0.332 e. The van der Waals surface area contributed by atoms with Crippen molar-refractivity contribution in [3.63, 3.8) is 0 Å². The Morgan fingerprint density at radius 2 is 1.97 bits per heavy atom. The summed E-state index contributed by atoms with van der Waals surface area (Å²) in [5.74, 6) is -0.487. The fourth-order valence-electron chi connectivity index (χ4n) is 3.12. The molecule has 0 unspecified atom stereocenters. The molecule has 10 nitrogen and oxygen atoms in total. The van der Waals surface area contributed by atoms with Crippen LogP contribution in [0.3, 0.4) is 0 Å². The number of benzene rings is 1. The Balaban J connectivity index is 1.63. The first-order valence-corrected chi connectivity index (χ1v) is 10.6. The number of nitrogens with one attached hydrogen (secondary N) is 1. The van der Waals surface area contributed by atoms with Crippen molar-refractivity contribution >= 4 is 56.7 Å². The van der Waals surface area contributed by atoms with Gasteiger partial charge in [-0.1, -0.05) is 40.6 Å². The number of rotatable bonds is 4. The highest BCUT2D eigenvalue weighted by Gasteiger charge is 2.18. The number of thiazole rings is 1. The van der Waals surface area contributed by atoms with Gasteiger partial charge in [-0.3, -0.25) is 18.7 Å². The van der Waals surface area contributed by atoms with Gasteiger partial charge in [-0.15, -0.1) is 0 Å². The molecule has 0 radical (unpaired) electrons. The maximum Gasteiger partial charge on any atom is 0.332 e. The van der Waals surface area contributed by atoms with Crippen LogP contribution in [0.2, 0.25) is 10.0 Å². The van der Waals surface area contributed by atoms with Crippen molar-refractivity contribution in [2.45, 2.75) is 6.54 Å². The summed E-state index contributed by atoms with van der Waals surface area (Å²) in [4.78, 5) is 45.9. The molecule has 162 valence electrons. The molecule has 0 aliphatic heterocycles. The predicted molar refractivity (Wildman–Crippen MR) is 121 cm³/mol. The number of halogens is 2. The lowest BCUT2D eigenvalue weighted by atomic mass is 10.1. The van der Waals surface area contributed by atoms with Gasteiger partial charge in [-0.25, -0.2) is 14.8 Å². The van der Waals surface area contributed by atoms with Gasteiger partial charge in [0, 0.05) is 19.7 Å². The summed E-state index contributed by atoms with van der Waals surface area (Å²) < 4.78 is 3.53. The Hall–Kier alpha value is -3.46. The molecule has 1 aromatic carbocycles. The monoisotopic (exact) mass is 489 g/mol. The van der Waals surface area contributed by atoms with Crippen molar-refractivity contribution in [1.82, 2.24) is 23.7 Å². The zero-order chi connectivity index (χ0) is 23.2. The van der Waals surface area contributed by atoms with Crippen LogP contribution in [0.25, 0.3) is 22.4 Å². The number of hydrogen-bond donors (Lipinski definition) is 1.